The van der Waals surface area contributed by atoms with Crippen molar-refractivity contribution in [1.29, 1.82) is 0 Å². The molecule has 0 aromatic heterocycles. The van der Waals surface area contributed by atoms with Gasteiger partial charge in [-0.2, -0.15) is 0 Å². The molecule has 0 aliphatic carbocycles. The van der Waals surface area contributed by atoms with E-state index in [2.05, 4.69) is 11.8 Å². The lowest BCUT2D eigenvalue weighted by molar-refractivity contribution is 0.0724. The van der Waals surface area contributed by atoms with Gasteiger partial charge in [0.1, 0.15) is 5.82 Å². The number of hydrogen-bond acceptors (Lipinski definition) is 3. The van der Waals surface area contributed by atoms with Crippen LogP contribution in [-0.2, 0) is 4.74 Å². The molecule has 0 bridgehead atoms. The fraction of sp³-hybridized carbons (Fsp3) is 0.438. The lowest BCUT2D eigenvalue weighted by atomic mass is 10.1. The van der Waals surface area contributed by atoms with Crippen LogP contribution in [-0.4, -0.2) is 48.8 Å². The highest BCUT2D eigenvalue weighted by Crippen LogP contribution is 2.18. The summed E-state index contributed by atoms with van der Waals surface area (Å²) >= 11 is 0. The minimum absolute atomic E-state index is 0.0540. The van der Waals surface area contributed by atoms with Gasteiger partial charge in [-0.25, -0.2) is 4.39 Å². The maximum atomic E-state index is 13.4. The molecule has 1 fully saturated rings. The van der Waals surface area contributed by atoms with Gasteiger partial charge in [-0.1, -0.05) is 11.8 Å². The topological polar surface area (TPSA) is 49.8 Å². The lowest BCUT2D eigenvalue weighted by Crippen LogP contribution is -2.30. The molecule has 21 heavy (non-hydrogen) atoms. The highest BCUT2D eigenvalue weighted by Gasteiger charge is 2.27. The predicted molar refractivity (Wildman–Crippen MR) is 76.3 cm³/mol. The zero-order valence-electron chi connectivity index (χ0n) is 11.9. The predicted octanol–water partition coefficient (Wildman–Crippen LogP) is 1.42. The number of aliphatic hydroxyl groups is 1. The van der Waals surface area contributed by atoms with Crippen LogP contribution in [0.3, 0.4) is 0 Å². The molecule has 0 saturated carbocycles. The Labute approximate surface area is 123 Å². The molecule has 4 nitrogen and oxygen atoms in total. The van der Waals surface area contributed by atoms with Crippen LogP contribution in [0.1, 0.15) is 28.8 Å². The number of carbonyl (C=O) groups excluding carboxylic acids is 1. The van der Waals surface area contributed by atoms with Gasteiger partial charge in [0, 0.05) is 32.2 Å². The van der Waals surface area contributed by atoms with Crippen molar-refractivity contribution in [2.24, 2.45) is 0 Å². The molecule has 1 aliphatic rings. The average molecular weight is 291 g/mol. The third kappa shape index (κ3) is 3.81. The van der Waals surface area contributed by atoms with Crippen LogP contribution in [0.5, 0.6) is 0 Å². The van der Waals surface area contributed by atoms with E-state index in [0.29, 0.717) is 30.6 Å². The van der Waals surface area contributed by atoms with Crippen molar-refractivity contribution in [3.63, 3.8) is 0 Å². The quantitative estimate of drug-likeness (QED) is 0.857. The first-order valence-electron chi connectivity index (χ1n) is 6.87. The molecule has 1 saturated heterocycles. The molecule has 2 rings (SSSR count). The van der Waals surface area contributed by atoms with Crippen molar-refractivity contribution in [2.75, 3.05) is 26.8 Å². The van der Waals surface area contributed by atoms with Gasteiger partial charge >= 0.3 is 0 Å². The monoisotopic (exact) mass is 291 g/mol. The van der Waals surface area contributed by atoms with Gasteiger partial charge in [-0.15, -0.1) is 0 Å². The van der Waals surface area contributed by atoms with E-state index in [1.807, 2.05) is 0 Å². The summed E-state index contributed by atoms with van der Waals surface area (Å²) in [6.07, 6.45) is 1.15. The Morgan fingerprint density at radius 1 is 1.57 bits per heavy atom. The third-order valence-corrected chi connectivity index (χ3v) is 3.44. The molecule has 112 valence electrons. The minimum atomic E-state index is -0.434. The standard InChI is InChI=1S/C16H18FNO3/c1-21-14-7-8-18(11-14)16(20)15-6-5-13(17)10-12(15)4-2-3-9-19/h5-6,10,14,19H,3,7-9,11H2,1H3. The van der Waals surface area contributed by atoms with Gasteiger partial charge in [-0.05, 0) is 24.6 Å². The number of aliphatic hydroxyl groups excluding tert-OH is 1. The summed E-state index contributed by atoms with van der Waals surface area (Å²) in [7, 11) is 1.63. The molecule has 1 aromatic rings. The summed E-state index contributed by atoms with van der Waals surface area (Å²) in [6, 6.07) is 3.97. The first-order valence-corrected chi connectivity index (χ1v) is 6.87. The number of nitrogens with zero attached hydrogens (tertiary/aromatic N) is 1. The summed E-state index contributed by atoms with van der Waals surface area (Å²) in [5, 5.41) is 8.74. The summed E-state index contributed by atoms with van der Waals surface area (Å²) in [5.41, 5.74) is 0.743. The van der Waals surface area contributed by atoms with Gasteiger partial charge in [0.15, 0.2) is 0 Å². The minimum Gasteiger partial charge on any atom is -0.395 e. The number of methoxy groups -OCH3 is 1. The lowest BCUT2D eigenvalue weighted by Gasteiger charge is -2.17. The van der Waals surface area contributed by atoms with E-state index in [1.165, 1.54) is 18.2 Å². The van der Waals surface area contributed by atoms with E-state index in [1.54, 1.807) is 12.0 Å². The fourth-order valence-corrected chi connectivity index (χ4v) is 2.30. The Balaban J connectivity index is 2.23. The molecule has 1 unspecified atom stereocenters. The number of ether oxygens (including phenoxy) is 1. The van der Waals surface area contributed by atoms with Crippen LogP contribution in [0.4, 0.5) is 4.39 Å². The number of carbonyl (C=O) groups is 1. The van der Waals surface area contributed by atoms with Crippen LogP contribution in [0.2, 0.25) is 0 Å². The summed E-state index contributed by atoms with van der Waals surface area (Å²) in [5.74, 6) is 4.88. The zero-order chi connectivity index (χ0) is 15.2. The van der Waals surface area contributed by atoms with Gasteiger partial charge in [0.05, 0.1) is 18.3 Å². The number of rotatable bonds is 3. The highest BCUT2D eigenvalue weighted by atomic mass is 19.1. The summed E-state index contributed by atoms with van der Waals surface area (Å²) < 4.78 is 18.6. The van der Waals surface area contributed by atoms with Crippen LogP contribution >= 0.6 is 0 Å². The normalized spacial score (nSPS) is 17.5. The molecular weight excluding hydrogens is 273 g/mol. The largest absolute Gasteiger partial charge is 0.395 e. The highest BCUT2D eigenvalue weighted by molar-refractivity contribution is 5.97. The second-order valence-corrected chi connectivity index (χ2v) is 4.86. The Hall–Kier alpha value is -1.90. The molecule has 1 heterocycles. The van der Waals surface area contributed by atoms with Crippen LogP contribution in [0, 0.1) is 17.7 Å². The Morgan fingerprint density at radius 3 is 3.05 bits per heavy atom. The third-order valence-electron chi connectivity index (χ3n) is 3.44. The molecule has 0 radical (unpaired) electrons. The van der Waals surface area contributed by atoms with Crippen molar-refractivity contribution >= 4 is 5.91 Å². The Kier molecular flexibility index (Phi) is 5.32. The van der Waals surface area contributed by atoms with Crippen molar-refractivity contribution in [3.8, 4) is 11.8 Å². The molecule has 1 aliphatic heterocycles. The van der Waals surface area contributed by atoms with E-state index >= 15 is 0 Å². The Morgan fingerprint density at radius 2 is 2.38 bits per heavy atom. The molecule has 1 aromatic carbocycles. The SMILES string of the molecule is COC1CCN(C(=O)c2ccc(F)cc2C#CCCO)C1. The molecule has 1 atom stereocenters. The number of likely N-dealkylation sites (tertiary alicyclic amines) is 1. The number of benzene rings is 1. The van der Waals surface area contributed by atoms with Crippen molar-refractivity contribution in [1.82, 2.24) is 4.90 Å². The number of amides is 1. The van der Waals surface area contributed by atoms with E-state index in [9.17, 15) is 9.18 Å². The van der Waals surface area contributed by atoms with E-state index in [-0.39, 0.29) is 18.6 Å². The molecule has 1 N–H and O–H groups in total. The van der Waals surface area contributed by atoms with Gasteiger partial charge in [0.25, 0.3) is 5.91 Å². The first kappa shape index (κ1) is 15.5. The molecular formula is C16H18FNO3. The van der Waals surface area contributed by atoms with Crippen molar-refractivity contribution in [3.05, 3.63) is 35.1 Å². The first-order chi connectivity index (χ1) is 10.2. The van der Waals surface area contributed by atoms with Crippen molar-refractivity contribution < 1.29 is 19.0 Å². The molecule has 5 heteroatoms. The Bertz CT molecular complexity index is 577. The van der Waals surface area contributed by atoms with Crippen molar-refractivity contribution in [2.45, 2.75) is 18.9 Å². The van der Waals surface area contributed by atoms with Crippen LogP contribution < -0.4 is 0 Å². The van der Waals surface area contributed by atoms with E-state index in [0.717, 1.165) is 6.42 Å². The smallest absolute Gasteiger partial charge is 0.255 e. The van der Waals surface area contributed by atoms with Crippen LogP contribution in [0.15, 0.2) is 18.2 Å². The summed E-state index contributed by atoms with van der Waals surface area (Å²) in [4.78, 5) is 14.2. The molecule has 0 spiro atoms. The second kappa shape index (κ2) is 7.21. The van der Waals surface area contributed by atoms with Gasteiger partial charge in [0.2, 0.25) is 0 Å². The summed E-state index contributed by atoms with van der Waals surface area (Å²) in [6.45, 7) is 1.10. The van der Waals surface area contributed by atoms with Gasteiger partial charge < -0.3 is 14.7 Å². The number of hydrogen-bond donors (Lipinski definition) is 1. The average Bonchev–Trinajstić information content (AvgIpc) is 2.96. The molecule has 1 amide bonds. The van der Waals surface area contributed by atoms with Gasteiger partial charge in [-0.3, -0.25) is 4.79 Å². The fourth-order valence-electron chi connectivity index (χ4n) is 2.30. The zero-order valence-corrected chi connectivity index (χ0v) is 11.9. The maximum absolute atomic E-state index is 13.4. The van der Waals surface area contributed by atoms with E-state index in [4.69, 9.17) is 9.84 Å². The second-order valence-electron chi connectivity index (χ2n) is 4.86. The van der Waals surface area contributed by atoms with E-state index < -0.39 is 5.82 Å². The number of halogens is 1. The van der Waals surface area contributed by atoms with Crippen LogP contribution in [0.25, 0.3) is 0 Å². The maximum Gasteiger partial charge on any atom is 0.255 e.